The van der Waals surface area contributed by atoms with Crippen LogP contribution in [0.4, 0.5) is 0 Å². The number of carbonyl (C=O) groups is 4. The van der Waals surface area contributed by atoms with Crippen molar-refractivity contribution in [3.63, 3.8) is 0 Å². The number of esters is 1. The van der Waals surface area contributed by atoms with Gasteiger partial charge in [0.15, 0.2) is 5.17 Å². The van der Waals surface area contributed by atoms with E-state index in [2.05, 4.69) is 20.4 Å². The Morgan fingerprint density at radius 3 is 2.29 bits per heavy atom. The third kappa shape index (κ3) is 8.27. The molecular weight excluding hydrogens is 577 g/mol. The molecule has 2 unspecified atom stereocenters. The normalized spacial score (nSPS) is 18.1. The van der Waals surface area contributed by atoms with Gasteiger partial charge in [0.1, 0.15) is 11.1 Å². The Morgan fingerprint density at radius 1 is 1.12 bits per heavy atom. The summed E-state index contributed by atoms with van der Waals surface area (Å²) < 4.78 is 4.55. The zero-order chi connectivity index (χ0) is 24.5. The van der Waals surface area contributed by atoms with Crippen molar-refractivity contribution in [3.05, 3.63) is 35.4 Å². The van der Waals surface area contributed by atoms with Crippen LogP contribution in [0.2, 0.25) is 0 Å². The smallest absolute Gasteiger partial charge is 0.307 e. The van der Waals surface area contributed by atoms with Gasteiger partial charge in [0.05, 0.1) is 20.0 Å². The highest BCUT2D eigenvalue weighted by atomic mass is 127. The average Bonchev–Trinajstić information content (AvgIpc) is 3.07. The van der Waals surface area contributed by atoms with Gasteiger partial charge in [0.2, 0.25) is 5.91 Å². The number of benzene rings is 1. The van der Waals surface area contributed by atoms with Gasteiger partial charge in [-0.15, -0.1) is 24.0 Å². The molecular formula is C21H28IN5O6S. The van der Waals surface area contributed by atoms with Crippen LogP contribution >= 0.6 is 35.7 Å². The van der Waals surface area contributed by atoms with E-state index in [4.69, 9.17) is 10.5 Å². The number of amidine groups is 2. The molecule has 1 aromatic carbocycles. The highest BCUT2D eigenvalue weighted by molar-refractivity contribution is 14.0. The van der Waals surface area contributed by atoms with Gasteiger partial charge in [0, 0.05) is 37.3 Å². The molecule has 0 aromatic heterocycles. The van der Waals surface area contributed by atoms with Crippen LogP contribution < -0.4 is 10.6 Å². The van der Waals surface area contributed by atoms with Crippen molar-refractivity contribution in [2.45, 2.75) is 31.1 Å². The summed E-state index contributed by atoms with van der Waals surface area (Å²) in [4.78, 5) is 52.8. The lowest BCUT2D eigenvalue weighted by molar-refractivity contribution is -0.140. The minimum atomic E-state index is -0.958. The number of rotatable bonds is 9. The average molecular weight is 605 g/mol. The van der Waals surface area contributed by atoms with Crippen LogP contribution in [0.5, 0.6) is 0 Å². The molecule has 11 nitrogen and oxygen atoms in total. The maximum absolute atomic E-state index is 12.6. The monoisotopic (exact) mass is 605 g/mol. The van der Waals surface area contributed by atoms with Gasteiger partial charge in [-0.3, -0.25) is 24.6 Å². The molecule has 4 N–H and O–H groups in total. The van der Waals surface area contributed by atoms with Gasteiger partial charge in [-0.25, -0.2) is 0 Å². The number of ether oxygens (including phenoxy) is 1. The molecule has 1 aromatic rings. The first-order chi connectivity index (χ1) is 15.6. The second kappa shape index (κ2) is 13.9. The number of aliphatic carboxylic acids is 1. The van der Waals surface area contributed by atoms with Crippen molar-refractivity contribution in [2.24, 2.45) is 4.99 Å². The number of nitrogens with one attached hydrogen (secondary N) is 3. The fourth-order valence-electron chi connectivity index (χ4n) is 2.87. The van der Waals surface area contributed by atoms with Crippen LogP contribution in [-0.2, 0) is 19.1 Å². The van der Waals surface area contributed by atoms with Gasteiger partial charge < -0.3 is 25.4 Å². The fraction of sp³-hybridized carbons (Fsp3) is 0.429. The molecule has 34 heavy (non-hydrogen) atoms. The molecule has 2 atom stereocenters. The number of halogens is 1. The third-order valence-electron chi connectivity index (χ3n) is 4.96. The second-order valence-electron chi connectivity index (χ2n) is 7.23. The fourth-order valence-corrected chi connectivity index (χ4v) is 4.13. The summed E-state index contributed by atoms with van der Waals surface area (Å²) in [7, 11) is 3.03. The molecule has 1 heterocycles. The van der Waals surface area contributed by atoms with Crippen molar-refractivity contribution >= 4 is 70.5 Å². The Kier molecular flexibility index (Phi) is 12.0. The topological polar surface area (TPSA) is 161 Å². The summed E-state index contributed by atoms with van der Waals surface area (Å²) in [6, 6.07) is 6.02. The molecule has 2 rings (SSSR count). The zero-order valence-corrected chi connectivity index (χ0v) is 22.1. The summed E-state index contributed by atoms with van der Waals surface area (Å²) in [5, 5.41) is 21.9. The van der Waals surface area contributed by atoms with Gasteiger partial charge in [0.25, 0.3) is 5.91 Å². The summed E-state index contributed by atoms with van der Waals surface area (Å²) in [5.41, 5.74) is 0.825. The lowest BCUT2D eigenvalue weighted by Crippen LogP contribution is -2.41. The molecule has 186 valence electrons. The molecule has 1 fully saturated rings. The van der Waals surface area contributed by atoms with Crippen molar-refractivity contribution in [3.8, 4) is 0 Å². The number of methoxy groups -OCH3 is 1. The van der Waals surface area contributed by atoms with Crippen LogP contribution in [0.15, 0.2) is 29.3 Å². The quantitative estimate of drug-likeness (QED) is 0.141. The SMILES string of the molecule is COC(=O)CCNC(=O)C1SC(=NC(=O)c2ccc(C(=N)NCCC(=O)O)cc2)N(C)C1C.I. The zero-order valence-electron chi connectivity index (χ0n) is 19.0. The largest absolute Gasteiger partial charge is 0.481 e. The summed E-state index contributed by atoms with van der Waals surface area (Å²) in [5.74, 6) is -2.05. The number of aliphatic imine (C=N–C) groups is 1. The highest BCUT2D eigenvalue weighted by Gasteiger charge is 2.39. The molecule has 0 saturated carbocycles. The van der Waals surface area contributed by atoms with Crippen LogP contribution in [0.25, 0.3) is 0 Å². The number of carboxylic acid groups (broad SMARTS) is 1. The lowest BCUT2D eigenvalue weighted by atomic mass is 10.1. The number of carboxylic acids is 1. The molecule has 0 aliphatic carbocycles. The number of thioether (sulfide) groups is 1. The maximum atomic E-state index is 12.6. The summed E-state index contributed by atoms with van der Waals surface area (Å²) in [6.07, 6.45) is -0.0316. The van der Waals surface area contributed by atoms with E-state index in [0.717, 1.165) is 0 Å². The molecule has 0 radical (unpaired) electrons. The minimum Gasteiger partial charge on any atom is -0.481 e. The molecule has 13 heteroatoms. The van der Waals surface area contributed by atoms with E-state index in [0.29, 0.717) is 16.3 Å². The molecule has 1 aliphatic heterocycles. The molecule has 0 bridgehead atoms. The Hall–Kier alpha value is -2.68. The first kappa shape index (κ1) is 29.4. The van der Waals surface area contributed by atoms with Crippen molar-refractivity contribution in [1.29, 1.82) is 5.41 Å². The number of hydrogen-bond acceptors (Lipinski definition) is 7. The number of amides is 2. The molecule has 2 amide bonds. The predicted octanol–water partition coefficient (Wildman–Crippen LogP) is 1.31. The van der Waals surface area contributed by atoms with Gasteiger partial charge in [-0.05, 0) is 19.1 Å². The maximum Gasteiger partial charge on any atom is 0.307 e. The molecule has 1 saturated heterocycles. The molecule has 1 aliphatic rings. The van der Waals surface area contributed by atoms with Crippen molar-refractivity contribution in [2.75, 3.05) is 27.2 Å². The van der Waals surface area contributed by atoms with Gasteiger partial charge in [-0.1, -0.05) is 23.9 Å². The highest BCUT2D eigenvalue weighted by Crippen LogP contribution is 2.31. The van der Waals surface area contributed by atoms with E-state index in [-0.39, 0.29) is 67.7 Å². The van der Waals surface area contributed by atoms with Crippen LogP contribution in [0, 0.1) is 5.41 Å². The summed E-state index contributed by atoms with van der Waals surface area (Å²) >= 11 is 1.18. The number of hydrogen-bond donors (Lipinski definition) is 4. The van der Waals surface area contributed by atoms with E-state index in [1.807, 2.05) is 6.92 Å². The van der Waals surface area contributed by atoms with Gasteiger partial charge in [-0.2, -0.15) is 4.99 Å². The first-order valence-corrected chi connectivity index (χ1v) is 11.0. The third-order valence-corrected chi connectivity index (χ3v) is 6.41. The Balaban J connectivity index is 0.00000578. The minimum absolute atomic E-state index is 0. The lowest BCUT2D eigenvalue weighted by Gasteiger charge is -2.19. The van der Waals surface area contributed by atoms with E-state index in [9.17, 15) is 19.2 Å². The van der Waals surface area contributed by atoms with Crippen LogP contribution in [-0.4, -0.2) is 83.3 Å². The predicted molar refractivity (Wildman–Crippen MR) is 139 cm³/mol. The Labute approximate surface area is 218 Å². The van der Waals surface area contributed by atoms with E-state index in [1.165, 1.54) is 31.0 Å². The van der Waals surface area contributed by atoms with Crippen LogP contribution in [0.3, 0.4) is 0 Å². The first-order valence-electron chi connectivity index (χ1n) is 10.2. The van der Waals surface area contributed by atoms with E-state index in [1.54, 1.807) is 24.1 Å². The number of nitrogens with zero attached hydrogens (tertiary/aromatic N) is 2. The number of carbonyl (C=O) groups excluding carboxylic acids is 3. The second-order valence-corrected chi connectivity index (χ2v) is 8.34. The van der Waals surface area contributed by atoms with E-state index >= 15 is 0 Å². The summed E-state index contributed by atoms with van der Waals surface area (Å²) in [6.45, 7) is 2.14. The molecule has 0 spiro atoms. The standard InChI is InChI=1S/C21H27N5O6S.HI/c1-12-17(20(31)24-11-9-16(29)32-3)33-21(26(12)2)25-19(30)14-6-4-13(5-7-14)18(22)23-10-8-15(27)28;/h4-7,12,17H,8-11H2,1-3H3,(H2,22,23)(H,24,31)(H,27,28);1H. The van der Waals surface area contributed by atoms with Crippen molar-refractivity contribution < 1.29 is 29.0 Å². The Morgan fingerprint density at radius 2 is 1.71 bits per heavy atom. The van der Waals surface area contributed by atoms with Gasteiger partial charge >= 0.3 is 11.9 Å². The van der Waals surface area contributed by atoms with Crippen molar-refractivity contribution in [1.82, 2.24) is 15.5 Å². The van der Waals surface area contributed by atoms with Crippen LogP contribution in [0.1, 0.15) is 35.7 Å². The Bertz CT molecular complexity index is 955. The van der Waals surface area contributed by atoms with E-state index < -0.39 is 23.1 Å².